The van der Waals surface area contributed by atoms with Gasteiger partial charge in [0.25, 0.3) is 11.5 Å². The second-order valence-corrected chi connectivity index (χ2v) is 16.4. The molecule has 1 fully saturated rings. The van der Waals surface area contributed by atoms with Crippen LogP contribution in [0.15, 0.2) is 77.9 Å². The summed E-state index contributed by atoms with van der Waals surface area (Å²) >= 11 is 0. The van der Waals surface area contributed by atoms with Gasteiger partial charge >= 0.3 is 0 Å². The molecule has 11 nitrogen and oxygen atoms in total. The Kier molecular flexibility index (Phi) is 8.25. The van der Waals surface area contributed by atoms with Gasteiger partial charge < -0.3 is 24.3 Å². The Balaban J connectivity index is 1.32. The zero-order chi connectivity index (χ0) is 31.9. The summed E-state index contributed by atoms with van der Waals surface area (Å²) in [7, 11) is -1.34. The van der Waals surface area contributed by atoms with Crippen molar-refractivity contribution in [2.24, 2.45) is 5.92 Å². The third-order valence-electron chi connectivity index (χ3n) is 9.15. The molecule has 4 heterocycles. The van der Waals surface area contributed by atoms with E-state index in [1.54, 1.807) is 27.9 Å². The second kappa shape index (κ2) is 12.0. The summed E-state index contributed by atoms with van der Waals surface area (Å²) in [6.07, 6.45) is 4.10. The lowest BCUT2D eigenvalue weighted by atomic mass is 9.82. The van der Waals surface area contributed by atoms with E-state index in [-0.39, 0.29) is 47.9 Å². The summed E-state index contributed by atoms with van der Waals surface area (Å²) in [4.78, 5) is 40.9. The number of methoxy groups -OCH3 is 1. The molecule has 0 radical (unpaired) electrons. The molecule has 0 aliphatic carbocycles. The minimum Gasteiger partial charge on any atom is -0.491 e. The number of benzene rings is 2. The molecule has 0 bridgehead atoms. The number of aromatic nitrogens is 4. The molecule has 236 valence electrons. The number of pyridine rings is 1. The van der Waals surface area contributed by atoms with Gasteiger partial charge in [0.05, 0.1) is 31.1 Å². The highest BCUT2D eigenvalue weighted by Crippen LogP contribution is 2.59. The molecule has 12 heteroatoms. The first kappa shape index (κ1) is 30.9. The number of hydrogen-bond acceptors (Lipinski definition) is 8. The number of nitrogens with zero attached hydrogens (tertiary/aromatic N) is 5. The zero-order valence-corrected chi connectivity index (χ0v) is 27.0. The molecule has 4 aromatic rings. The van der Waals surface area contributed by atoms with Crippen LogP contribution in [0.4, 0.5) is 5.69 Å². The van der Waals surface area contributed by atoms with Crippen molar-refractivity contribution in [3.63, 3.8) is 0 Å². The van der Waals surface area contributed by atoms with Crippen molar-refractivity contribution in [3.8, 4) is 11.4 Å². The summed E-state index contributed by atoms with van der Waals surface area (Å²) in [6.45, 7) is 6.63. The number of hydrogen-bond donors (Lipinski definition) is 2. The maximum Gasteiger partial charge on any atom is 0.297 e. The van der Waals surface area contributed by atoms with Crippen molar-refractivity contribution >= 4 is 19.9 Å². The average Bonchev–Trinajstić information content (AvgIpc) is 3.66. The number of anilines is 1. The highest BCUT2D eigenvalue weighted by atomic mass is 28.4. The Labute approximate surface area is 262 Å². The predicted molar refractivity (Wildman–Crippen MR) is 171 cm³/mol. The lowest BCUT2D eigenvalue weighted by Crippen LogP contribution is -2.46. The van der Waals surface area contributed by atoms with E-state index in [1.807, 2.05) is 74.7 Å². The quantitative estimate of drug-likeness (QED) is 0.255. The first-order valence-electron chi connectivity index (χ1n) is 15.2. The van der Waals surface area contributed by atoms with Gasteiger partial charge in [0, 0.05) is 54.7 Å². The highest BCUT2D eigenvalue weighted by Gasteiger charge is 2.66. The molecular weight excluding hydrogens is 590 g/mol. The largest absolute Gasteiger partial charge is 0.491 e. The van der Waals surface area contributed by atoms with Gasteiger partial charge in [-0.2, -0.15) is 0 Å². The van der Waals surface area contributed by atoms with E-state index < -0.39 is 13.9 Å². The lowest BCUT2D eigenvalue weighted by Gasteiger charge is -2.32. The van der Waals surface area contributed by atoms with Crippen LogP contribution in [0.5, 0.6) is 5.75 Å². The molecule has 1 spiro atoms. The lowest BCUT2D eigenvalue weighted by molar-refractivity contribution is -0.146. The van der Waals surface area contributed by atoms with Crippen LogP contribution < -0.4 is 15.2 Å². The van der Waals surface area contributed by atoms with Gasteiger partial charge in [-0.3, -0.25) is 18.8 Å². The average molecular weight is 630 g/mol. The van der Waals surface area contributed by atoms with Gasteiger partial charge in [-0.1, -0.05) is 42.5 Å². The first-order valence-corrected chi connectivity index (χ1v) is 18.3. The number of para-hydroxylation sites is 1. The van der Waals surface area contributed by atoms with Crippen molar-refractivity contribution in [3.05, 3.63) is 100 Å². The molecule has 1 saturated heterocycles. The van der Waals surface area contributed by atoms with E-state index in [0.717, 1.165) is 16.8 Å². The van der Waals surface area contributed by atoms with Crippen LogP contribution in [0.1, 0.15) is 30.2 Å². The Morgan fingerprint density at radius 2 is 1.89 bits per heavy atom. The SMILES string of the molecule is COc1cccn(-c2cccc(CN3C(=O)[C@@]4(O[C@@H](CCn5cc(CCO)nn5)[C@H]([Si](C)(C)O)[C@H]4C)c4ccccc43)c2)c1=O. The molecule has 1 amide bonds. The summed E-state index contributed by atoms with van der Waals surface area (Å²) < 4.78 is 15.4. The topological polar surface area (TPSA) is 132 Å². The fraction of sp³-hybridized carbons (Fsp3) is 0.394. The number of fused-ring (bicyclic) bond motifs is 2. The fourth-order valence-corrected chi connectivity index (χ4v) is 9.82. The van der Waals surface area contributed by atoms with Gasteiger partial charge in [-0.25, -0.2) is 0 Å². The second-order valence-electron chi connectivity index (χ2n) is 12.4. The molecule has 2 aromatic heterocycles. The molecule has 4 atom stereocenters. The Morgan fingerprint density at radius 3 is 2.64 bits per heavy atom. The van der Waals surface area contributed by atoms with Gasteiger partial charge in [0.15, 0.2) is 19.7 Å². The number of aliphatic hydroxyl groups is 1. The van der Waals surface area contributed by atoms with Crippen LogP contribution >= 0.6 is 0 Å². The monoisotopic (exact) mass is 629 g/mol. The summed E-state index contributed by atoms with van der Waals surface area (Å²) in [5.41, 5.74) is 2.08. The minimum atomic E-state index is -2.81. The van der Waals surface area contributed by atoms with Crippen LogP contribution in [0.2, 0.25) is 18.6 Å². The third-order valence-corrected chi connectivity index (χ3v) is 11.7. The van der Waals surface area contributed by atoms with Crippen LogP contribution in [0, 0.1) is 5.92 Å². The van der Waals surface area contributed by atoms with Crippen molar-refractivity contribution in [2.75, 3.05) is 18.6 Å². The van der Waals surface area contributed by atoms with Gasteiger partial charge in [0.1, 0.15) is 0 Å². The van der Waals surface area contributed by atoms with E-state index in [1.165, 1.54) is 11.7 Å². The third kappa shape index (κ3) is 5.41. The number of ether oxygens (including phenoxy) is 2. The Bertz CT molecular complexity index is 1770. The standard InChI is InChI=1S/C33H39N5O6Si/c1-22-30(45(3,4)42)28(14-17-36-21-24(15-18-39)34-35-36)44-33(22)26-11-5-6-12-27(26)38(32(33)41)20-23-9-7-10-25(19-23)37-16-8-13-29(43-2)31(37)40/h5-13,16,19,21-22,28,30,39,42H,14-15,17-18,20H2,1-4H3/t22-,28+,30-,33+/m1/s1. The number of rotatable bonds is 10. The number of aryl methyl sites for hydroxylation is 1. The zero-order valence-electron chi connectivity index (χ0n) is 26.0. The van der Waals surface area contributed by atoms with Gasteiger partial charge in [0.2, 0.25) is 0 Å². The first-order chi connectivity index (χ1) is 21.6. The minimum absolute atomic E-state index is 0.00131. The number of carbonyl (C=O) groups excluding carboxylic acids is 1. The van der Waals surface area contributed by atoms with E-state index in [2.05, 4.69) is 10.3 Å². The van der Waals surface area contributed by atoms with Crippen LogP contribution in [-0.4, -0.2) is 63.5 Å². The Morgan fingerprint density at radius 1 is 1.09 bits per heavy atom. The van der Waals surface area contributed by atoms with E-state index >= 15 is 0 Å². The smallest absolute Gasteiger partial charge is 0.297 e. The van der Waals surface area contributed by atoms with E-state index in [0.29, 0.717) is 30.8 Å². The molecule has 2 N–H and O–H groups in total. The van der Waals surface area contributed by atoms with E-state index in [9.17, 15) is 19.5 Å². The number of amides is 1. The van der Waals surface area contributed by atoms with E-state index in [4.69, 9.17) is 9.47 Å². The maximum absolute atomic E-state index is 14.7. The molecule has 2 aliphatic heterocycles. The molecular formula is C33H39N5O6Si. The molecule has 2 aliphatic rings. The summed E-state index contributed by atoms with van der Waals surface area (Å²) in [5.74, 6) is -0.193. The fourth-order valence-electron chi connectivity index (χ4n) is 7.22. The van der Waals surface area contributed by atoms with Crippen molar-refractivity contribution in [1.29, 1.82) is 0 Å². The highest BCUT2D eigenvalue weighted by molar-refractivity contribution is 6.71. The number of aliphatic hydroxyl groups excluding tert-OH is 1. The summed E-state index contributed by atoms with van der Waals surface area (Å²) in [5, 5.41) is 17.6. The van der Waals surface area contributed by atoms with Crippen LogP contribution in [0.25, 0.3) is 5.69 Å². The normalized spacial score (nSPS) is 22.8. The van der Waals surface area contributed by atoms with Crippen molar-refractivity contribution in [1.82, 2.24) is 19.6 Å². The predicted octanol–water partition coefficient (Wildman–Crippen LogP) is 3.41. The maximum atomic E-state index is 14.7. The summed E-state index contributed by atoms with van der Waals surface area (Å²) in [6, 6.07) is 18.7. The van der Waals surface area contributed by atoms with Gasteiger partial charge in [-0.05, 0) is 55.4 Å². The van der Waals surface area contributed by atoms with Crippen molar-refractivity contribution < 1.29 is 24.2 Å². The molecule has 2 aromatic carbocycles. The van der Waals surface area contributed by atoms with Crippen LogP contribution in [0.3, 0.4) is 0 Å². The van der Waals surface area contributed by atoms with Crippen LogP contribution in [-0.2, 0) is 34.6 Å². The Hall–Kier alpha value is -4.10. The molecule has 0 saturated carbocycles. The molecule has 45 heavy (non-hydrogen) atoms. The van der Waals surface area contributed by atoms with Gasteiger partial charge in [-0.15, -0.1) is 5.10 Å². The molecule has 6 rings (SSSR count). The molecule has 0 unspecified atom stereocenters. The van der Waals surface area contributed by atoms with Crippen molar-refractivity contribution in [2.45, 2.75) is 63.2 Å². The number of carbonyl (C=O) groups is 1.